The lowest BCUT2D eigenvalue weighted by molar-refractivity contribution is 0.0354. The average molecular weight is 606 g/mol. The quantitative estimate of drug-likeness (QED) is 0.306. The third-order valence-corrected chi connectivity index (χ3v) is 8.55. The van der Waals surface area contributed by atoms with Crippen LogP contribution in [0.3, 0.4) is 0 Å². The largest absolute Gasteiger partial charge is 0.444 e. The van der Waals surface area contributed by atoms with Crippen molar-refractivity contribution >= 4 is 41.9 Å². The lowest BCUT2D eigenvalue weighted by Gasteiger charge is -2.47. The number of ether oxygens (including phenoxy) is 1. The molecule has 0 radical (unpaired) electrons. The summed E-state index contributed by atoms with van der Waals surface area (Å²) in [7, 11) is 0. The Morgan fingerprint density at radius 3 is 2.10 bits per heavy atom. The minimum Gasteiger partial charge on any atom is -0.444 e. The summed E-state index contributed by atoms with van der Waals surface area (Å²) in [5.74, 6) is 0. The lowest BCUT2D eigenvalue weighted by atomic mass is 9.79. The molecular weight excluding hydrogens is 559 g/mol. The first-order chi connectivity index (χ1) is 18.8. The summed E-state index contributed by atoms with van der Waals surface area (Å²) in [5.41, 5.74) is 2.91. The Labute approximate surface area is 256 Å². The van der Waals surface area contributed by atoms with Gasteiger partial charge in [-0.05, 0) is 64.2 Å². The fourth-order valence-electron chi connectivity index (χ4n) is 6.79. The minimum atomic E-state index is -0.554. The van der Waals surface area contributed by atoms with Crippen molar-refractivity contribution in [3.8, 4) is 0 Å². The highest BCUT2D eigenvalue weighted by Gasteiger charge is 2.40. The van der Waals surface area contributed by atoms with E-state index in [0.717, 1.165) is 37.0 Å². The Morgan fingerprint density at radius 2 is 1.49 bits per heavy atom. The summed E-state index contributed by atoms with van der Waals surface area (Å²) in [6.45, 7) is 8.24. The molecule has 7 nitrogen and oxygen atoms in total. The SMILES string of the molecule is CC(C)(C)OC(=O)NCCn1c(=O)n(C2CCN(C3(c4ccccc4)CCCCCC3)CC2)c2ccccc21.Cl.Cl. The Morgan fingerprint density at radius 1 is 0.902 bits per heavy atom. The van der Waals surface area contributed by atoms with Crippen LogP contribution < -0.4 is 11.0 Å². The van der Waals surface area contributed by atoms with Crippen LogP contribution in [0.4, 0.5) is 4.79 Å². The van der Waals surface area contributed by atoms with Crippen molar-refractivity contribution in [3.05, 3.63) is 70.6 Å². The number of likely N-dealkylation sites (tertiary alicyclic amines) is 1. The lowest BCUT2D eigenvalue weighted by Crippen LogP contribution is -2.50. The number of imidazole rings is 1. The molecule has 41 heavy (non-hydrogen) atoms. The minimum absolute atomic E-state index is 0. The molecule has 2 fully saturated rings. The van der Waals surface area contributed by atoms with Gasteiger partial charge >= 0.3 is 11.8 Å². The Kier molecular flexibility index (Phi) is 11.4. The number of carbonyl (C=O) groups excluding carboxylic acids is 1. The van der Waals surface area contributed by atoms with E-state index in [1.807, 2.05) is 43.5 Å². The predicted molar refractivity (Wildman–Crippen MR) is 171 cm³/mol. The number of alkyl carbamates (subject to hydrolysis) is 1. The summed E-state index contributed by atoms with van der Waals surface area (Å²) >= 11 is 0. The number of fused-ring (bicyclic) bond motifs is 1. The van der Waals surface area contributed by atoms with Crippen molar-refractivity contribution < 1.29 is 9.53 Å². The van der Waals surface area contributed by atoms with Gasteiger partial charge in [0.05, 0.1) is 11.0 Å². The topological polar surface area (TPSA) is 68.5 Å². The molecule has 2 aromatic carbocycles. The van der Waals surface area contributed by atoms with Crippen LogP contribution in [0.2, 0.25) is 0 Å². The van der Waals surface area contributed by atoms with E-state index in [1.54, 1.807) is 4.57 Å². The van der Waals surface area contributed by atoms with Crippen LogP contribution in [0.15, 0.2) is 59.4 Å². The normalized spacial score (nSPS) is 18.1. The van der Waals surface area contributed by atoms with E-state index in [-0.39, 0.29) is 42.1 Å². The van der Waals surface area contributed by atoms with E-state index < -0.39 is 11.7 Å². The first-order valence-electron chi connectivity index (χ1n) is 14.8. The second-order valence-electron chi connectivity index (χ2n) is 12.3. The van der Waals surface area contributed by atoms with E-state index in [0.29, 0.717) is 13.1 Å². The molecule has 0 spiro atoms. The Balaban J connectivity index is 0.00000231. The van der Waals surface area contributed by atoms with Crippen molar-refractivity contribution in [2.75, 3.05) is 19.6 Å². The number of nitrogens with one attached hydrogen (secondary N) is 1. The van der Waals surface area contributed by atoms with Crippen LogP contribution in [0.25, 0.3) is 11.0 Å². The van der Waals surface area contributed by atoms with Crippen LogP contribution in [0, 0.1) is 0 Å². The summed E-state index contributed by atoms with van der Waals surface area (Å²) in [5, 5.41) is 2.80. The second-order valence-corrected chi connectivity index (χ2v) is 12.3. The van der Waals surface area contributed by atoms with Gasteiger partial charge in [-0.15, -0.1) is 24.8 Å². The van der Waals surface area contributed by atoms with Gasteiger partial charge in [0, 0.05) is 37.8 Å². The van der Waals surface area contributed by atoms with Gasteiger partial charge < -0.3 is 10.1 Å². The molecule has 1 amide bonds. The summed E-state index contributed by atoms with van der Waals surface area (Å²) in [6.07, 6.45) is 9.08. The van der Waals surface area contributed by atoms with E-state index in [4.69, 9.17) is 4.74 Å². The Hall–Kier alpha value is -2.48. The van der Waals surface area contributed by atoms with Gasteiger partial charge in [-0.3, -0.25) is 14.0 Å². The maximum absolute atomic E-state index is 13.8. The average Bonchev–Trinajstić information content (AvgIpc) is 3.06. The van der Waals surface area contributed by atoms with Gasteiger partial charge in [0.2, 0.25) is 0 Å². The smallest absolute Gasteiger partial charge is 0.407 e. The molecule has 0 unspecified atom stereocenters. The van der Waals surface area contributed by atoms with Crippen molar-refractivity contribution in [1.82, 2.24) is 19.4 Å². The number of halogens is 2. The number of benzene rings is 2. The molecule has 0 atom stereocenters. The zero-order valence-electron chi connectivity index (χ0n) is 24.6. The summed E-state index contributed by atoms with van der Waals surface area (Å²) in [4.78, 5) is 28.6. The number of rotatable bonds is 6. The number of carbonyl (C=O) groups is 1. The van der Waals surface area contributed by atoms with Crippen LogP contribution in [0.5, 0.6) is 0 Å². The standard InChI is InChI=1S/C32H44N4O3.2ClH/c1-31(2,3)39-29(37)33-21-24-35-27-15-9-10-16-28(27)36(30(35)38)26-17-22-34(23-18-26)32(19-11-4-5-12-20-32)25-13-7-6-8-14-25;;/h6-10,13-16,26H,4-5,11-12,17-24H2,1-3H3,(H,33,37);2*1H. The third kappa shape index (κ3) is 7.30. The zero-order valence-corrected chi connectivity index (χ0v) is 26.3. The molecule has 1 aliphatic heterocycles. The van der Waals surface area contributed by atoms with Gasteiger partial charge in [-0.2, -0.15) is 0 Å². The van der Waals surface area contributed by atoms with Crippen LogP contribution >= 0.6 is 24.8 Å². The summed E-state index contributed by atoms with van der Waals surface area (Å²) in [6, 6.07) is 19.3. The molecular formula is C32H46Cl2N4O3. The fourth-order valence-corrected chi connectivity index (χ4v) is 6.79. The molecule has 1 saturated carbocycles. The van der Waals surface area contributed by atoms with Crippen LogP contribution in [-0.2, 0) is 16.8 Å². The molecule has 1 N–H and O–H groups in total. The van der Waals surface area contributed by atoms with Crippen LogP contribution in [0.1, 0.15) is 83.7 Å². The van der Waals surface area contributed by atoms with Crippen molar-refractivity contribution in [1.29, 1.82) is 0 Å². The monoisotopic (exact) mass is 604 g/mol. The van der Waals surface area contributed by atoms with Gasteiger partial charge in [0.25, 0.3) is 0 Å². The number of aromatic nitrogens is 2. The van der Waals surface area contributed by atoms with Gasteiger partial charge in [-0.25, -0.2) is 9.59 Å². The molecule has 1 saturated heterocycles. The summed E-state index contributed by atoms with van der Waals surface area (Å²) < 4.78 is 9.17. The maximum atomic E-state index is 13.8. The number of hydrogen-bond acceptors (Lipinski definition) is 4. The molecule has 9 heteroatoms. The third-order valence-electron chi connectivity index (χ3n) is 8.55. The first-order valence-corrected chi connectivity index (χ1v) is 14.8. The van der Waals surface area contributed by atoms with Crippen molar-refractivity contribution in [2.24, 2.45) is 0 Å². The van der Waals surface area contributed by atoms with E-state index >= 15 is 0 Å². The van der Waals surface area contributed by atoms with Crippen molar-refractivity contribution in [3.63, 3.8) is 0 Å². The van der Waals surface area contributed by atoms with Gasteiger partial charge in [-0.1, -0.05) is 68.1 Å². The number of para-hydroxylation sites is 2. The second kappa shape index (κ2) is 14.1. The fraction of sp³-hybridized carbons (Fsp3) is 0.562. The molecule has 1 aromatic heterocycles. The zero-order chi connectivity index (χ0) is 27.5. The maximum Gasteiger partial charge on any atom is 0.407 e. The molecule has 226 valence electrons. The predicted octanol–water partition coefficient (Wildman–Crippen LogP) is 7.06. The molecule has 0 bridgehead atoms. The number of hydrogen-bond donors (Lipinski definition) is 1. The Bertz CT molecular complexity index is 1320. The molecule has 2 heterocycles. The number of amides is 1. The number of nitrogens with zero attached hydrogens (tertiary/aromatic N) is 3. The van der Waals surface area contributed by atoms with E-state index in [9.17, 15) is 9.59 Å². The van der Waals surface area contributed by atoms with Gasteiger partial charge in [0.1, 0.15) is 5.60 Å². The molecule has 1 aliphatic carbocycles. The highest BCUT2D eigenvalue weighted by atomic mass is 35.5. The van der Waals surface area contributed by atoms with Gasteiger partial charge in [0.15, 0.2) is 0 Å². The first kappa shape index (κ1) is 33.0. The molecule has 5 rings (SSSR count). The van der Waals surface area contributed by atoms with Crippen LogP contribution in [-0.4, -0.2) is 45.4 Å². The van der Waals surface area contributed by atoms with E-state index in [1.165, 1.54) is 44.1 Å². The number of piperidine rings is 1. The van der Waals surface area contributed by atoms with E-state index in [2.05, 4.69) is 46.6 Å². The molecule has 2 aliphatic rings. The molecule has 3 aromatic rings. The highest BCUT2D eigenvalue weighted by molar-refractivity contribution is 5.85. The van der Waals surface area contributed by atoms with Crippen molar-refractivity contribution in [2.45, 2.75) is 95.9 Å². The highest BCUT2D eigenvalue weighted by Crippen LogP contribution is 2.43.